The minimum Gasteiger partial charge on any atom is -0.339 e. The average molecular weight is 253 g/mol. The number of rotatable bonds is 2. The van der Waals surface area contributed by atoms with Gasteiger partial charge in [-0.3, -0.25) is 9.59 Å². The molecule has 2 rings (SSSR count). The molecule has 2 amide bonds. The lowest BCUT2D eigenvalue weighted by Crippen LogP contribution is -2.53. The highest BCUT2D eigenvalue weighted by molar-refractivity contribution is 5.80. The zero-order chi connectivity index (χ0) is 13.0. The zero-order valence-electron chi connectivity index (χ0n) is 10.9. The van der Waals surface area contributed by atoms with Gasteiger partial charge in [0.1, 0.15) is 0 Å². The van der Waals surface area contributed by atoms with Crippen molar-refractivity contribution in [2.75, 3.05) is 32.7 Å². The van der Waals surface area contributed by atoms with Crippen molar-refractivity contribution >= 4 is 11.8 Å². The molecule has 2 aliphatic rings. The van der Waals surface area contributed by atoms with Crippen molar-refractivity contribution in [3.63, 3.8) is 0 Å². The normalized spacial score (nSPS) is 22.1. The van der Waals surface area contributed by atoms with Crippen molar-refractivity contribution in [3.05, 3.63) is 0 Å². The fourth-order valence-electron chi connectivity index (χ4n) is 2.91. The molecule has 1 heterocycles. The largest absolute Gasteiger partial charge is 0.339 e. The molecule has 1 aliphatic carbocycles. The van der Waals surface area contributed by atoms with Gasteiger partial charge < -0.3 is 15.5 Å². The fraction of sp³-hybridized carbons (Fsp3) is 0.846. The Bertz CT molecular complexity index is 305. The molecule has 0 aromatic heterocycles. The molecule has 0 radical (unpaired) electrons. The van der Waals surface area contributed by atoms with Gasteiger partial charge in [0.15, 0.2) is 0 Å². The Morgan fingerprint density at radius 3 is 2.06 bits per heavy atom. The van der Waals surface area contributed by atoms with Crippen LogP contribution in [-0.2, 0) is 9.59 Å². The fourth-order valence-corrected chi connectivity index (χ4v) is 2.91. The van der Waals surface area contributed by atoms with Gasteiger partial charge in [0.25, 0.3) is 0 Å². The molecule has 102 valence electrons. The summed E-state index contributed by atoms with van der Waals surface area (Å²) in [4.78, 5) is 27.4. The van der Waals surface area contributed by atoms with E-state index in [1.807, 2.05) is 4.90 Å². The van der Waals surface area contributed by atoms with Gasteiger partial charge in [0.05, 0.1) is 6.54 Å². The monoisotopic (exact) mass is 253 g/mol. The topological polar surface area (TPSA) is 66.6 Å². The van der Waals surface area contributed by atoms with Gasteiger partial charge in [-0.05, 0) is 12.8 Å². The highest BCUT2D eigenvalue weighted by Crippen LogP contribution is 2.25. The Balaban J connectivity index is 1.81. The summed E-state index contributed by atoms with van der Waals surface area (Å²) >= 11 is 0. The molecule has 1 saturated carbocycles. The molecule has 0 bridgehead atoms. The molecule has 0 unspecified atom stereocenters. The van der Waals surface area contributed by atoms with Crippen molar-refractivity contribution in [2.45, 2.75) is 32.1 Å². The lowest BCUT2D eigenvalue weighted by molar-refractivity contribution is -0.142. The number of carbonyl (C=O) groups is 2. The summed E-state index contributed by atoms with van der Waals surface area (Å²) in [6.07, 6.45) is 5.72. The first-order chi connectivity index (χ1) is 8.72. The third-order valence-corrected chi connectivity index (χ3v) is 4.07. The van der Waals surface area contributed by atoms with Gasteiger partial charge in [-0.15, -0.1) is 0 Å². The first-order valence-corrected chi connectivity index (χ1v) is 6.99. The zero-order valence-corrected chi connectivity index (χ0v) is 10.9. The number of carbonyl (C=O) groups excluding carboxylic acids is 2. The van der Waals surface area contributed by atoms with Crippen LogP contribution in [0.5, 0.6) is 0 Å². The quantitative estimate of drug-likeness (QED) is 0.764. The van der Waals surface area contributed by atoms with E-state index in [0.717, 1.165) is 12.8 Å². The Hall–Kier alpha value is -1.10. The number of nitrogens with zero attached hydrogens (tertiary/aromatic N) is 2. The first-order valence-electron chi connectivity index (χ1n) is 6.99. The third kappa shape index (κ3) is 3.02. The number of hydrogen-bond acceptors (Lipinski definition) is 3. The number of hydrogen-bond donors (Lipinski definition) is 1. The second-order valence-electron chi connectivity index (χ2n) is 5.25. The van der Waals surface area contributed by atoms with Gasteiger partial charge in [-0.1, -0.05) is 19.3 Å². The molecule has 0 spiro atoms. The van der Waals surface area contributed by atoms with Crippen LogP contribution in [-0.4, -0.2) is 54.3 Å². The van der Waals surface area contributed by atoms with E-state index in [4.69, 9.17) is 5.73 Å². The van der Waals surface area contributed by atoms with Crippen LogP contribution >= 0.6 is 0 Å². The van der Waals surface area contributed by atoms with Crippen LogP contribution in [0.2, 0.25) is 0 Å². The summed E-state index contributed by atoms with van der Waals surface area (Å²) < 4.78 is 0. The summed E-state index contributed by atoms with van der Waals surface area (Å²) in [6, 6.07) is 0. The summed E-state index contributed by atoms with van der Waals surface area (Å²) in [5, 5.41) is 0. The van der Waals surface area contributed by atoms with E-state index in [2.05, 4.69) is 0 Å². The molecule has 2 fully saturated rings. The maximum atomic E-state index is 12.3. The summed E-state index contributed by atoms with van der Waals surface area (Å²) in [6.45, 7) is 2.67. The van der Waals surface area contributed by atoms with Crippen molar-refractivity contribution in [2.24, 2.45) is 11.7 Å². The van der Waals surface area contributed by atoms with Crippen LogP contribution in [0.1, 0.15) is 32.1 Å². The minimum absolute atomic E-state index is 0.0141. The van der Waals surface area contributed by atoms with Crippen molar-refractivity contribution in [1.82, 2.24) is 9.80 Å². The Morgan fingerprint density at radius 1 is 0.944 bits per heavy atom. The van der Waals surface area contributed by atoms with E-state index in [0.29, 0.717) is 32.1 Å². The highest BCUT2D eigenvalue weighted by atomic mass is 16.2. The second-order valence-corrected chi connectivity index (χ2v) is 5.25. The van der Waals surface area contributed by atoms with Crippen molar-refractivity contribution in [3.8, 4) is 0 Å². The van der Waals surface area contributed by atoms with E-state index in [1.165, 1.54) is 19.3 Å². The maximum Gasteiger partial charge on any atom is 0.236 e. The average Bonchev–Trinajstić information content (AvgIpc) is 2.47. The predicted octanol–water partition coefficient (Wildman–Crippen LogP) is 0.196. The molecule has 5 nitrogen and oxygen atoms in total. The van der Waals surface area contributed by atoms with E-state index in [-0.39, 0.29) is 18.4 Å². The summed E-state index contributed by atoms with van der Waals surface area (Å²) in [5.74, 6) is 0.518. The maximum absolute atomic E-state index is 12.3. The molecule has 18 heavy (non-hydrogen) atoms. The van der Waals surface area contributed by atoms with Crippen LogP contribution in [0.3, 0.4) is 0 Å². The molecule has 0 aromatic rings. The molecule has 1 saturated heterocycles. The van der Waals surface area contributed by atoms with E-state index in [9.17, 15) is 9.59 Å². The van der Waals surface area contributed by atoms with Crippen LogP contribution in [0, 0.1) is 5.92 Å². The number of nitrogens with two attached hydrogens (primary N) is 1. The van der Waals surface area contributed by atoms with Crippen molar-refractivity contribution < 1.29 is 9.59 Å². The van der Waals surface area contributed by atoms with E-state index < -0.39 is 0 Å². The Kier molecular flexibility index (Phi) is 4.58. The Morgan fingerprint density at radius 2 is 1.50 bits per heavy atom. The molecule has 0 aromatic carbocycles. The number of piperazine rings is 1. The Labute approximate surface area is 108 Å². The molecular formula is C13H23N3O2. The number of amides is 2. The summed E-state index contributed by atoms with van der Waals surface area (Å²) in [7, 11) is 0. The molecular weight excluding hydrogens is 230 g/mol. The van der Waals surface area contributed by atoms with E-state index >= 15 is 0 Å². The van der Waals surface area contributed by atoms with Gasteiger partial charge in [-0.25, -0.2) is 0 Å². The van der Waals surface area contributed by atoms with Gasteiger partial charge >= 0.3 is 0 Å². The molecule has 0 atom stereocenters. The van der Waals surface area contributed by atoms with Crippen LogP contribution < -0.4 is 5.73 Å². The van der Waals surface area contributed by atoms with Gasteiger partial charge in [-0.2, -0.15) is 0 Å². The van der Waals surface area contributed by atoms with Gasteiger partial charge in [0, 0.05) is 32.1 Å². The lowest BCUT2D eigenvalue weighted by atomic mass is 9.88. The van der Waals surface area contributed by atoms with Crippen molar-refractivity contribution in [1.29, 1.82) is 0 Å². The van der Waals surface area contributed by atoms with Crippen LogP contribution in [0.4, 0.5) is 0 Å². The van der Waals surface area contributed by atoms with Crippen LogP contribution in [0.25, 0.3) is 0 Å². The minimum atomic E-state index is -0.0141. The van der Waals surface area contributed by atoms with E-state index in [1.54, 1.807) is 4.90 Å². The smallest absolute Gasteiger partial charge is 0.236 e. The summed E-state index contributed by atoms with van der Waals surface area (Å²) in [5.41, 5.74) is 5.34. The SMILES string of the molecule is NCC(=O)N1CCN(C(=O)C2CCCCC2)CC1. The van der Waals surface area contributed by atoms with Crippen LogP contribution in [0.15, 0.2) is 0 Å². The molecule has 2 N–H and O–H groups in total. The first kappa shape index (κ1) is 13.3. The highest BCUT2D eigenvalue weighted by Gasteiger charge is 2.29. The second kappa shape index (κ2) is 6.18. The molecule has 1 aliphatic heterocycles. The molecule has 5 heteroatoms. The third-order valence-electron chi connectivity index (χ3n) is 4.07. The standard InChI is InChI=1S/C13H23N3O2/c14-10-12(17)15-6-8-16(9-7-15)13(18)11-4-2-1-3-5-11/h11H,1-10,14H2. The predicted molar refractivity (Wildman–Crippen MR) is 68.8 cm³/mol. The van der Waals surface area contributed by atoms with Gasteiger partial charge in [0.2, 0.25) is 11.8 Å². The lowest BCUT2D eigenvalue weighted by Gasteiger charge is -2.37.